The van der Waals surface area contributed by atoms with Crippen LogP contribution in [-0.4, -0.2) is 32.6 Å². The van der Waals surface area contributed by atoms with E-state index in [4.69, 9.17) is 11.6 Å². The minimum absolute atomic E-state index is 0.153. The molecule has 0 amide bonds. The summed E-state index contributed by atoms with van der Waals surface area (Å²) in [5.74, 6) is -2.93. The molecule has 0 spiro atoms. The lowest BCUT2D eigenvalue weighted by molar-refractivity contribution is -0.139. The Hall–Kier alpha value is -2.16. The number of rotatable bonds is 7. The van der Waals surface area contributed by atoms with Gasteiger partial charge >= 0.3 is 5.97 Å². The third-order valence-corrected chi connectivity index (χ3v) is 6.47. The molecule has 9 heteroatoms. The van der Waals surface area contributed by atoms with E-state index in [-0.39, 0.29) is 16.1 Å². The third-order valence-electron chi connectivity index (χ3n) is 4.74. The Morgan fingerprint density at radius 2 is 1.86 bits per heavy atom. The Labute approximate surface area is 168 Å². The van der Waals surface area contributed by atoms with Crippen LogP contribution in [0.25, 0.3) is 0 Å². The van der Waals surface area contributed by atoms with Crippen LogP contribution in [-0.2, 0) is 14.8 Å². The molecule has 2 unspecified atom stereocenters. The van der Waals surface area contributed by atoms with E-state index in [9.17, 15) is 22.7 Å². The van der Waals surface area contributed by atoms with Gasteiger partial charge in [0.05, 0.1) is 5.69 Å². The molecule has 2 rings (SSSR count). The van der Waals surface area contributed by atoms with Crippen molar-refractivity contribution in [2.75, 3.05) is 12.4 Å². The molecule has 28 heavy (non-hydrogen) atoms. The molecule has 0 aliphatic carbocycles. The van der Waals surface area contributed by atoms with Gasteiger partial charge in [-0.05, 0) is 54.8 Å². The Morgan fingerprint density at radius 3 is 2.43 bits per heavy atom. The van der Waals surface area contributed by atoms with Crippen LogP contribution in [0.1, 0.15) is 29.5 Å². The van der Waals surface area contributed by atoms with E-state index < -0.39 is 33.8 Å². The number of carboxylic acids is 1. The highest BCUT2D eigenvalue weighted by molar-refractivity contribution is 7.89. The fraction of sp³-hybridized carbons (Fsp3) is 0.316. The number of benzene rings is 2. The van der Waals surface area contributed by atoms with Gasteiger partial charge in [0.25, 0.3) is 0 Å². The molecule has 0 heterocycles. The summed E-state index contributed by atoms with van der Waals surface area (Å²) >= 11 is 5.89. The lowest BCUT2D eigenvalue weighted by Gasteiger charge is -2.25. The van der Waals surface area contributed by atoms with Crippen molar-refractivity contribution in [2.45, 2.75) is 37.6 Å². The Bertz CT molecular complexity index is 1010. The van der Waals surface area contributed by atoms with Crippen LogP contribution in [0.3, 0.4) is 0 Å². The predicted molar refractivity (Wildman–Crippen MR) is 107 cm³/mol. The van der Waals surface area contributed by atoms with Crippen molar-refractivity contribution in [1.82, 2.24) is 4.72 Å². The second-order valence-electron chi connectivity index (χ2n) is 6.52. The van der Waals surface area contributed by atoms with E-state index in [1.165, 1.54) is 38.2 Å². The lowest BCUT2D eigenvalue weighted by atomic mass is 9.88. The van der Waals surface area contributed by atoms with Gasteiger partial charge in [0, 0.05) is 18.0 Å². The highest BCUT2D eigenvalue weighted by Crippen LogP contribution is 2.30. The SMILES string of the molecule is CNc1cc(Cl)ccc1S(=O)(=O)NC(C(=O)O)C(C)c1c(F)ccc(C)c1C. The summed E-state index contributed by atoms with van der Waals surface area (Å²) < 4.78 is 42.3. The number of aryl methyl sites for hydroxylation is 1. The third kappa shape index (κ3) is 4.45. The number of hydrogen-bond acceptors (Lipinski definition) is 4. The summed E-state index contributed by atoms with van der Waals surface area (Å²) in [4.78, 5) is 11.7. The number of hydrogen-bond donors (Lipinski definition) is 3. The van der Waals surface area contributed by atoms with Gasteiger partial charge in [-0.25, -0.2) is 12.8 Å². The minimum atomic E-state index is -4.23. The van der Waals surface area contributed by atoms with E-state index in [0.29, 0.717) is 10.6 Å². The molecule has 2 aromatic rings. The fourth-order valence-electron chi connectivity index (χ4n) is 3.06. The molecule has 0 radical (unpaired) electrons. The first-order chi connectivity index (χ1) is 13.0. The van der Waals surface area contributed by atoms with Crippen molar-refractivity contribution in [1.29, 1.82) is 0 Å². The van der Waals surface area contributed by atoms with Gasteiger partial charge in [0.1, 0.15) is 16.8 Å². The predicted octanol–water partition coefficient (Wildman–Crippen LogP) is 3.67. The first-order valence-corrected chi connectivity index (χ1v) is 10.3. The zero-order chi connectivity index (χ0) is 21.2. The zero-order valence-electron chi connectivity index (χ0n) is 15.9. The van der Waals surface area contributed by atoms with Crippen molar-refractivity contribution >= 4 is 33.3 Å². The first-order valence-electron chi connectivity index (χ1n) is 8.47. The summed E-state index contributed by atoms with van der Waals surface area (Å²) in [5, 5.41) is 12.7. The molecule has 152 valence electrons. The van der Waals surface area contributed by atoms with Crippen LogP contribution < -0.4 is 10.0 Å². The standard InChI is InChI=1S/C19H22ClFN2O4S/c1-10-5-7-14(21)17(11(10)2)12(3)18(19(24)25)23-28(26,27)16-8-6-13(20)9-15(16)22-4/h5-9,12,18,22-23H,1-4H3,(H,24,25). The van der Waals surface area contributed by atoms with Gasteiger partial charge in [0.15, 0.2) is 0 Å². The van der Waals surface area contributed by atoms with E-state index in [1.54, 1.807) is 19.9 Å². The molecule has 0 saturated heterocycles. The number of anilines is 1. The number of carbonyl (C=O) groups is 1. The van der Waals surface area contributed by atoms with E-state index >= 15 is 0 Å². The number of halogens is 2. The molecule has 3 N–H and O–H groups in total. The molecule has 2 aromatic carbocycles. The van der Waals surface area contributed by atoms with Crippen molar-refractivity contribution in [3.63, 3.8) is 0 Å². The molecular formula is C19H22ClFN2O4S. The molecule has 0 aliphatic rings. The maximum atomic E-state index is 14.4. The van der Waals surface area contributed by atoms with Crippen LogP contribution in [0.4, 0.5) is 10.1 Å². The molecular weight excluding hydrogens is 407 g/mol. The second-order valence-corrected chi connectivity index (χ2v) is 8.64. The first kappa shape index (κ1) is 22.1. The highest BCUT2D eigenvalue weighted by atomic mass is 35.5. The molecule has 0 bridgehead atoms. The summed E-state index contributed by atoms with van der Waals surface area (Å²) in [6.45, 7) is 4.93. The topological polar surface area (TPSA) is 95.5 Å². The average molecular weight is 429 g/mol. The smallest absolute Gasteiger partial charge is 0.322 e. The molecule has 6 nitrogen and oxygen atoms in total. The van der Waals surface area contributed by atoms with Gasteiger partial charge in [-0.3, -0.25) is 4.79 Å². The number of nitrogens with one attached hydrogen (secondary N) is 2. The Balaban J connectivity index is 2.49. The van der Waals surface area contributed by atoms with Crippen molar-refractivity contribution < 1.29 is 22.7 Å². The average Bonchev–Trinajstić information content (AvgIpc) is 2.62. The molecule has 0 aromatic heterocycles. The summed E-state index contributed by atoms with van der Waals surface area (Å²) in [6, 6.07) is 5.35. The largest absolute Gasteiger partial charge is 0.480 e. The van der Waals surface area contributed by atoms with E-state index in [1.807, 2.05) is 0 Å². The number of aliphatic carboxylic acids is 1. The summed E-state index contributed by atoms with van der Waals surface area (Å²) in [5.41, 5.74) is 1.75. The molecule has 2 atom stereocenters. The van der Waals surface area contributed by atoms with Gasteiger partial charge < -0.3 is 10.4 Å². The monoisotopic (exact) mass is 428 g/mol. The van der Waals surface area contributed by atoms with Gasteiger partial charge in [-0.2, -0.15) is 4.72 Å². The zero-order valence-corrected chi connectivity index (χ0v) is 17.5. The van der Waals surface area contributed by atoms with Crippen molar-refractivity contribution in [3.8, 4) is 0 Å². The fourth-order valence-corrected chi connectivity index (χ4v) is 4.70. The second kappa shape index (κ2) is 8.46. The lowest BCUT2D eigenvalue weighted by Crippen LogP contribution is -2.44. The number of carboxylic acid groups (broad SMARTS) is 1. The van der Waals surface area contributed by atoms with Gasteiger partial charge in [-0.1, -0.05) is 24.6 Å². The quantitative estimate of drug-likeness (QED) is 0.625. The van der Waals surface area contributed by atoms with Crippen molar-refractivity contribution in [2.24, 2.45) is 0 Å². The van der Waals surface area contributed by atoms with Gasteiger partial charge in [-0.15, -0.1) is 0 Å². The van der Waals surface area contributed by atoms with E-state index in [2.05, 4.69) is 10.0 Å². The van der Waals surface area contributed by atoms with Crippen LogP contribution in [0, 0.1) is 19.7 Å². The maximum Gasteiger partial charge on any atom is 0.322 e. The van der Waals surface area contributed by atoms with Crippen LogP contribution in [0.2, 0.25) is 5.02 Å². The van der Waals surface area contributed by atoms with Crippen LogP contribution >= 0.6 is 11.6 Å². The highest BCUT2D eigenvalue weighted by Gasteiger charge is 2.34. The Morgan fingerprint density at radius 1 is 1.21 bits per heavy atom. The van der Waals surface area contributed by atoms with Crippen LogP contribution in [0.15, 0.2) is 35.2 Å². The van der Waals surface area contributed by atoms with Crippen molar-refractivity contribution in [3.05, 3.63) is 57.9 Å². The normalized spacial score (nSPS) is 13.8. The maximum absolute atomic E-state index is 14.4. The van der Waals surface area contributed by atoms with E-state index in [0.717, 1.165) is 5.56 Å². The number of sulfonamides is 1. The minimum Gasteiger partial charge on any atom is -0.480 e. The Kier molecular flexibility index (Phi) is 6.69. The molecule has 0 fully saturated rings. The summed E-state index contributed by atoms with van der Waals surface area (Å²) in [7, 11) is -2.71. The molecule has 0 saturated carbocycles. The van der Waals surface area contributed by atoms with Crippen LogP contribution in [0.5, 0.6) is 0 Å². The summed E-state index contributed by atoms with van der Waals surface area (Å²) in [6.07, 6.45) is 0. The van der Waals surface area contributed by atoms with Gasteiger partial charge in [0.2, 0.25) is 10.0 Å². The molecule has 0 aliphatic heterocycles.